The monoisotopic (exact) mass is 146 g/mol. The molecule has 0 amide bonds. The Morgan fingerprint density at radius 1 is 1.75 bits per heavy atom. The van der Waals surface area contributed by atoms with E-state index in [0.717, 1.165) is 0 Å². The summed E-state index contributed by atoms with van der Waals surface area (Å²) in [5.74, 6) is 0. The first kappa shape index (κ1) is 5.91. The van der Waals surface area contributed by atoms with E-state index in [1.165, 1.54) is 0 Å². The number of hydrogen-bond acceptors (Lipinski definition) is 2. The molecular weight excluding hydrogens is 140 g/mol. The molecule has 0 fully saturated rings. The lowest BCUT2D eigenvalue weighted by Crippen LogP contribution is -2.39. The smallest absolute Gasteiger partial charge is 0.171 e. The molecule has 0 radical (unpaired) electrons. The third kappa shape index (κ3) is 1.38. The highest BCUT2D eigenvalue weighted by Crippen LogP contribution is 1.94. The molecule has 0 saturated heterocycles. The van der Waals surface area contributed by atoms with Gasteiger partial charge in [-0.15, -0.1) is 0 Å². The number of rotatable bonds is 0. The second-order valence-electron chi connectivity index (χ2n) is 1.42. The Morgan fingerprint density at radius 2 is 2.50 bits per heavy atom. The zero-order chi connectivity index (χ0) is 5.98. The molecule has 8 heavy (non-hydrogen) atoms. The van der Waals surface area contributed by atoms with Crippen LogP contribution in [0.15, 0.2) is 12.3 Å². The van der Waals surface area contributed by atoms with E-state index in [9.17, 15) is 0 Å². The fraction of sp³-hybridized carbons (Fsp3) is 0.250. The van der Waals surface area contributed by atoms with Gasteiger partial charge in [-0.05, 0) is 18.3 Å². The second kappa shape index (κ2) is 2.37. The van der Waals surface area contributed by atoms with Gasteiger partial charge in [-0.3, -0.25) is 0 Å². The van der Waals surface area contributed by atoms with Crippen LogP contribution >= 0.6 is 24.8 Å². The van der Waals surface area contributed by atoms with E-state index in [2.05, 4.69) is 23.3 Å². The number of hydrogen-bond donors (Lipinski definition) is 3. The Balaban J connectivity index is 2.54. The maximum atomic E-state index is 4.76. The fourth-order valence-corrected chi connectivity index (χ4v) is 0.937. The molecule has 1 aliphatic rings. The average molecular weight is 146 g/mol. The van der Waals surface area contributed by atoms with Gasteiger partial charge in [-0.25, -0.2) is 0 Å². The molecule has 44 valence electrons. The number of nitrogens with one attached hydrogen (secondary N) is 2. The lowest BCUT2D eigenvalue weighted by Gasteiger charge is -2.15. The van der Waals surface area contributed by atoms with Crippen LogP contribution in [-0.2, 0) is 0 Å². The van der Waals surface area contributed by atoms with Gasteiger partial charge >= 0.3 is 0 Å². The maximum absolute atomic E-state index is 4.76. The summed E-state index contributed by atoms with van der Waals surface area (Å²) in [7, 11) is 0. The quantitative estimate of drug-likeness (QED) is 0.337. The highest BCUT2D eigenvalue weighted by molar-refractivity contribution is 7.82. The van der Waals surface area contributed by atoms with Gasteiger partial charge in [-0.1, -0.05) is 0 Å². The first-order chi connectivity index (χ1) is 3.79. The summed E-state index contributed by atoms with van der Waals surface area (Å²) < 4.78 is 0. The lowest BCUT2D eigenvalue weighted by molar-refractivity contribution is 0.921. The highest BCUT2D eigenvalue weighted by atomic mass is 32.1. The SMILES string of the molecule is S=C1NC=C[C@H](S)N1. The van der Waals surface area contributed by atoms with Crippen molar-refractivity contribution >= 4 is 30.0 Å². The van der Waals surface area contributed by atoms with Crippen molar-refractivity contribution < 1.29 is 0 Å². The molecule has 0 aromatic carbocycles. The molecule has 0 bridgehead atoms. The zero-order valence-corrected chi connectivity index (χ0v) is 5.80. The normalized spacial score (nSPS) is 26.6. The van der Waals surface area contributed by atoms with Gasteiger partial charge in [0.25, 0.3) is 0 Å². The van der Waals surface area contributed by atoms with E-state index in [-0.39, 0.29) is 5.37 Å². The van der Waals surface area contributed by atoms with Crippen molar-refractivity contribution in [3.63, 3.8) is 0 Å². The van der Waals surface area contributed by atoms with Gasteiger partial charge in [-0.2, -0.15) is 12.6 Å². The van der Waals surface area contributed by atoms with Crippen LogP contribution < -0.4 is 10.6 Å². The van der Waals surface area contributed by atoms with Gasteiger partial charge in [0.2, 0.25) is 0 Å². The van der Waals surface area contributed by atoms with Crippen molar-refractivity contribution in [2.75, 3.05) is 0 Å². The molecule has 0 unspecified atom stereocenters. The molecular formula is C4H6N2S2. The van der Waals surface area contributed by atoms with Crippen LogP contribution in [0.2, 0.25) is 0 Å². The predicted molar refractivity (Wildman–Crippen MR) is 40.8 cm³/mol. The van der Waals surface area contributed by atoms with Gasteiger partial charge in [0.1, 0.15) is 0 Å². The van der Waals surface area contributed by atoms with E-state index in [1.54, 1.807) is 6.20 Å². The molecule has 1 atom stereocenters. The van der Waals surface area contributed by atoms with E-state index < -0.39 is 0 Å². The topological polar surface area (TPSA) is 24.1 Å². The summed E-state index contributed by atoms with van der Waals surface area (Å²) in [6.45, 7) is 0. The Hall–Kier alpha value is -0.220. The summed E-state index contributed by atoms with van der Waals surface area (Å²) in [5.41, 5.74) is 0. The average Bonchev–Trinajstić information content (AvgIpc) is 1.64. The molecule has 0 aliphatic carbocycles. The summed E-state index contributed by atoms with van der Waals surface area (Å²) in [6.07, 6.45) is 3.65. The lowest BCUT2D eigenvalue weighted by atomic mass is 10.5. The molecule has 2 N–H and O–H groups in total. The second-order valence-corrected chi connectivity index (χ2v) is 2.39. The van der Waals surface area contributed by atoms with Crippen molar-refractivity contribution in [2.24, 2.45) is 0 Å². The summed E-state index contributed by atoms with van der Waals surface area (Å²) in [4.78, 5) is 0. The zero-order valence-electron chi connectivity index (χ0n) is 4.09. The van der Waals surface area contributed by atoms with Crippen LogP contribution in [0.5, 0.6) is 0 Å². The predicted octanol–water partition coefficient (Wildman–Crippen LogP) is 0.234. The molecule has 1 rings (SSSR count). The molecule has 2 nitrogen and oxygen atoms in total. The Morgan fingerprint density at radius 3 is 2.88 bits per heavy atom. The van der Waals surface area contributed by atoms with Gasteiger partial charge in [0, 0.05) is 6.20 Å². The van der Waals surface area contributed by atoms with E-state index in [1.807, 2.05) is 6.08 Å². The van der Waals surface area contributed by atoms with Crippen LogP contribution in [0.3, 0.4) is 0 Å². The van der Waals surface area contributed by atoms with Crippen molar-refractivity contribution in [3.8, 4) is 0 Å². The van der Waals surface area contributed by atoms with Crippen LogP contribution in [0, 0.1) is 0 Å². The summed E-state index contributed by atoms with van der Waals surface area (Å²) in [6, 6.07) is 0. The standard InChI is InChI=1S/C4H6N2S2/c7-3-1-2-5-4(8)6-3/h1-3,7H,(H2,5,6,8)/t3-/m0/s1. The summed E-state index contributed by atoms with van der Waals surface area (Å²) in [5, 5.41) is 6.39. The van der Waals surface area contributed by atoms with Gasteiger partial charge < -0.3 is 10.6 Å². The minimum atomic E-state index is 0.0729. The minimum absolute atomic E-state index is 0.0729. The van der Waals surface area contributed by atoms with Crippen LogP contribution in [-0.4, -0.2) is 10.5 Å². The van der Waals surface area contributed by atoms with Gasteiger partial charge in [0.05, 0.1) is 5.37 Å². The van der Waals surface area contributed by atoms with E-state index in [0.29, 0.717) is 5.11 Å². The first-order valence-corrected chi connectivity index (χ1v) is 3.13. The first-order valence-electron chi connectivity index (χ1n) is 2.21. The third-order valence-corrected chi connectivity index (χ3v) is 1.31. The molecule has 1 heterocycles. The molecule has 0 spiro atoms. The van der Waals surface area contributed by atoms with Crippen LogP contribution in [0.4, 0.5) is 0 Å². The minimum Gasteiger partial charge on any atom is -0.347 e. The largest absolute Gasteiger partial charge is 0.347 e. The highest BCUT2D eigenvalue weighted by Gasteiger charge is 2.02. The molecule has 0 saturated carbocycles. The van der Waals surface area contributed by atoms with Crippen LogP contribution in [0.1, 0.15) is 0 Å². The van der Waals surface area contributed by atoms with Crippen molar-refractivity contribution in [1.82, 2.24) is 10.6 Å². The Labute approximate surface area is 58.8 Å². The molecule has 4 heteroatoms. The van der Waals surface area contributed by atoms with E-state index >= 15 is 0 Å². The maximum Gasteiger partial charge on any atom is 0.171 e. The molecule has 1 aliphatic heterocycles. The van der Waals surface area contributed by atoms with Gasteiger partial charge in [0.15, 0.2) is 5.11 Å². The fourth-order valence-electron chi connectivity index (χ4n) is 0.439. The van der Waals surface area contributed by atoms with Crippen molar-refractivity contribution in [3.05, 3.63) is 12.3 Å². The van der Waals surface area contributed by atoms with Crippen LogP contribution in [0.25, 0.3) is 0 Å². The Kier molecular flexibility index (Phi) is 1.75. The summed E-state index contributed by atoms with van der Waals surface area (Å²) >= 11 is 8.86. The third-order valence-electron chi connectivity index (χ3n) is 0.772. The molecule has 0 aromatic rings. The van der Waals surface area contributed by atoms with Crippen molar-refractivity contribution in [1.29, 1.82) is 0 Å². The van der Waals surface area contributed by atoms with E-state index in [4.69, 9.17) is 12.2 Å². The Bertz CT molecular complexity index is 132. The molecule has 0 aromatic heterocycles. The number of thiocarbonyl (C=S) groups is 1. The number of thiol groups is 1. The van der Waals surface area contributed by atoms with Crippen molar-refractivity contribution in [2.45, 2.75) is 5.37 Å².